The summed E-state index contributed by atoms with van der Waals surface area (Å²) in [7, 11) is 1.99. The SMILES string of the molecule is Cn1c(Cn2cccn2)nnc1[C@H]1CCCN(CC(N)=O)C1. The molecule has 2 N–H and O–H groups in total. The summed E-state index contributed by atoms with van der Waals surface area (Å²) in [6.07, 6.45) is 5.76. The van der Waals surface area contributed by atoms with E-state index >= 15 is 0 Å². The van der Waals surface area contributed by atoms with Crippen molar-refractivity contribution in [2.45, 2.75) is 25.3 Å². The van der Waals surface area contributed by atoms with Crippen molar-refractivity contribution >= 4 is 5.91 Å². The third-order valence-corrected chi connectivity index (χ3v) is 4.11. The Labute approximate surface area is 128 Å². The van der Waals surface area contributed by atoms with Gasteiger partial charge in [0.2, 0.25) is 5.91 Å². The van der Waals surface area contributed by atoms with Crippen LogP contribution in [0.25, 0.3) is 0 Å². The topological polar surface area (TPSA) is 94.9 Å². The summed E-state index contributed by atoms with van der Waals surface area (Å²) in [6.45, 7) is 2.64. The number of likely N-dealkylation sites (tertiary alicyclic amines) is 1. The lowest BCUT2D eigenvalue weighted by Crippen LogP contribution is -2.40. The van der Waals surface area contributed by atoms with Crippen molar-refractivity contribution in [3.63, 3.8) is 0 Å². The summed E-state index contributed by atoms with van der Waals surface area (Å²) >= 11 is 0. The predicted molar refractivity (Wildman–Crippen MR) is 79.9 cm³/mol. The molecule has 0 spiro atoms. The first-order valence-electron chi connectivity index (χ1n) is 7.49. The average Bonchev–Trinajstić information content (AvgIpc) is 3.10. The molecule has 2 aromatic rings. The van der Waals surface area contributed by atoms with Crippen molar-refractivity contribution in [2.75, 3.05) is 19.6 Å². The fourth-order valence-electron chi connectivity index (χ4n) is 3.04. The van der Waals surface area contributed by atoms with E-state index in [4.69, 9.17) is 5.73 Å². The van der Waals surface area contributed by atoms with Gasteiger partial charge in [-0.05, 0) is 25.5 Å². The van der Waals surface area contributed by atoms with Gasteiger partial charge in [-0.3, -0.25) is 14.4 Å². The number of nitrogens with two attached hydrogens (primary N) is 1. The van der Waals surface area contributed by atoms with Gasteiger partial charge >= 0.3 is 0 Å². The highest BCUT2D eigenvalue weighted by Crippen LogP contribution is 2.25. The molecule has 118 valence electrons. The van der Waals surface area contributed by atoms with Crippen molar-refractivity contribution in [1.82, 2.24) is 29.4 Å². The van der Waals surface area contributed by atoms with Gasteiger partial charge in [0.1, 0.15) is 12.4 Å². The zero-order chi connectivity index (χ0) is 15.5. The van der Waals surface area contributed by atoms with E-state index in [1.54, 1.807) is 6.20 Å². The molecular formula is C14H21N7O. The number of carbonyl (C=O) groups is 1. The zero-order valence-electron chi connectivity index (χ0n) is 12.7. The maximum absolute atomic E-state index is 11.1. The molecule has 0 aliphatic carbocycles. The summed E-state index contributed by atoms with van der Waals surface area (Å²) in [4.78, 5) is 13.2. The molecule has 1 saturated heterocycles. The summed E-state index contributed by atoms with van der Waals surface area (Å²) < 4.78 is 3.87. The lowest BCUT2D eigenvalue weighted by atomic mass is 9.97. The highest BCUT2D eigenvalue weighted by Gasteiger charge is 2.26. The second-order valence-electron chi connectivity index (χ2n) is 5.78. The number of piperidine rings is 1. The van der Waals surface area contributed by atoms with Gasteiger partial charge in [-0.25, -0.2) is 0 Å². The van der Waals surface area contributed by atoms with Crippen LogP contribution in [-0.2, 0) is 18.4 Å². The standard InChI is InChI=1S/C14H21N7O/c1-19-13(10-21-7-3-5-16-21)17-18-14(19)11-4-2-6-20(8-11)9-12(15)22/h3,5,7,11H,2,4,6,8-10H2,1H3,(H2,15,22)/t11-/m0/s1. The van der Waals surface area contributed by atoms with Crippen LogP contribution in [0.4, 0.5) is 0 Å². The Morgan fingerprint density at radius 1 is 1.45 bits per heavy atom. The maximum Gasteiger partial charge on any atom is 0.231 e. The fraction of sp³-hybridized carbons (Fsp3) is 0.571. The van der Waals surface area contributed by atoms with Gasteiger partial charge in [0.05, 0.1) is 6.54 Å². The monoisotopic (exact) mass is 303 g/mol. The third-order valence-electron chi connectivity index (χ3n) is 4.11. The molecule has 22 heavy (non-hydrogen) atoms. The van der Waals surface area contributed by atoms with Crippen LogP contribution in [0.1, 0.15) is 30.4 Å². The number of hydrogen-bond donors (Lipinski definition) is 1. The number of aromatic nitrogens is 5. The van der Waals surface area contributed by atoms with E-state index in [9.17, 15) is 4.79 Å². The number of rotatable bonds is 5. The summed E-state index contributed by atoms with van der Waals surface area (Å²) in [5.74, 6) is 1.86. The largest absolute Gasteiger partial charge is 0.369 e. The number of primary amides is 1. The van der Waals surface area contributed by atoms with Gasteiger partial charge in [-0.15, -0.1) is 10.2 Å². The quantitative estimate of drug-likeness (QED) is 0.820. The van der Waals surface area contributed by atoms with Crippen LogP contribution in [0.5, 0.6) is 0 Å². The van der Waals surface area contributed by atoms with Gasteiger partial charge in [-0.1, -0.05) is 0 Å². The molecule has 8 heteroatoms. The van der Waals surface area contributed by atoms with Crippen molar-refractivity contribution < 1.29 is 4.79 Å². The normalized spacial score (nSPS) is 19.4. The number of hydrogen-bond acceptors (Lipinski definition) is 5. The molecule has 3 heterocycles. The van der Waals surface area contributed by atoms with Gasteiger partial charge in [0.15, 0.2) is 5.82 Å². The van der Waals surface area contributed by atoms with Crippen LogP contribution >= 0.6 is 0 Å². The van der Waals surface area contributed by atoms with E-state index in [0.29, 0.717) is 13.1 Å². The third kappa shape index (κ3) is 3.16. The molecule has 0 radical (unpaired) electrons. The van der Waals surface area contributed by atoms with Crippen LogP contribution in [0.2, 0.25) is 0 Å². The molecule has 1 aliphatic heterocycles. The Morgan fingerprint density at radius 2 is 2.32 bits per heavy atom. The zero-order valence-corrected chi connectivity index (χ0v) is 12.7. The van der Waals surface area contributed by atoms with E-state index in [1.165, 1.54) is 0 Å². The minimum Gasteiger partial charge on any atom is -0.369 e. The van der Waals surface area contributed by atoms with Gasteiger partial charge in [0.25, 0.3) is 0 Å². The summed E-state index contributed by atoms with van der Waals surface area (Å²) in [5.41, 5.74) is 5.29. The fourth-order valence-corrected chi connectivity index (χ4v) is 3.04. The van der Waals surface area contributed by atoms with Crippen LogP contribution in [-0.4, -0.2) is 55.0 Å². The molecule has 3 rings (SSSR count). The van der Waals surface area contributed by atoms with Gasteiger partial charge in [-0.2, -0.15) is 5.10 Å². The van der Waals surface area contributed by atoms with Crippen LogP contribution in [0, 0.1) is 0 Å². The Morgan fingerprint density at radius 3 is 3.05 bits per heavy atom. The molecule has 0 aromatic carbocycles. The molecule has 0 bridgehead atoms. The summed E-state index contributed by atoms with van der Waals surface area (Å²) in [6, 6.07) is 1.89. The molecule has 0 unspecified atom stereocenters. The average molecular weight is 303 g/mol. The number of nitrogens with zero attached hydrogens (tertiary/aromatic N) is 6. The van der Waals surface area contributed by atoms with Gasteiger partial charge < -0.3 is 10.3 Å². The number of carbonyl (C=O) groups excluding carboxylic acids is 1. The maximum atomic E-state index is 11.1. The van der Waals surface area contributed by atoms with Crippen molar-refractivity contribution in [3.8, 4) is 0 Å². The van der Waals surface area contributed by atoms with E-state index in [-0.39, 0.29) is 11.8 Å². The molecule has 1 fully saturated rings. The Kier molecular flexibility index (Phi) is 4.19. The molecule has 1 atom stereocenters. The molecule has 1 aliphatic rings. The Bertz CT molecular complexity index is 634. The van der Waals surface area contributed by atoms with E-state index in [0.717, 1.165) is 37.6 Å². The summed E-state index contributed by atoms with van der Waals surface area (Å²) in [5, 5.41) is 12.9. The molecule has 2 aromatic heterocycles. The molecular weight excluding hydrogens is 282 g/mol. The molecule has 8 nitrogen and oxygen atoms in total. The predicted octanol–water partition coefficient (Wildman–Crippen LogP) is -0.275. The highest BCUT2D eigenvalue weighted by atomic mass is 16.1. The lowest BCUT2D eigenvalue weighted by Gasteiger charge is -2.31. The van der Waals surface area contributed by atoms with Crippen molar-refractivity contribution in [1.29, 1.82) is 0 Å². The Hall–Kier alpha value is -2.22. The second kappa shape index (κ2) is 6.27. The van der Waals surface area contributed by atoms with Crippen LogP contribution in [0.15, 0.2) is 18.5 Å². The van der Waals surface area contributed by atoms with Crippen LogP contribution < -0.4 is 5.73 Å². The van der Waals surface area contributed by atoms with Gasteiger partial charge in [0, 0.05) is 31.9 Å². The van der Waals surface area contributed by atoms with E-state index in [2.05, 4.69) is 20.2 Å². The lowest BCUT2D eigenvalue weighted by molar-refractivity contribution is -0.119. The first-order valence-corrected chi connectivity index (χ1v) is 7.49. The van der Waals surface area contributed by atoms with Crippen molar-refractivity contribution in [3.05, 3.63) is 30.1 Å². The first kappa shape index (κ1) is 14.7. The molecule has 0 saturated carbocycles. The number of amides is 1. The van der Waals surface area contributed by atoms with E-state index < -0.39 is 0 Å². The van der Waals surface area contributed by atoms with Crippen LogP contribution in [0.3, 0.4) is 0 Å². The highest BCUT2D eigenvalue weighted by molar-refractivity contribution is 5.75. The molecule has 1 amide bonds. The smallest absolute Gasteiger partial charge is 0.231 e. The minimum absolute atomic E-state index is 0.280. The minimum atomic E-state index is -0.280. The van der Waals surface area contributed by atoms with Crippen molar-refractivity contribution in [2.24, 2.45) is 12.8 Å². The Balaban J connectivity index is 1.71. The van der Waals surface area contributed by atoms with E-state index in [1.807, 2.05) is 28.6 Å². The first-order chi connectivity index (χ1) is 10.6. The second-order valence-corrected chi connectivity index (χ2v) is 5.78.